The molecular formula is C27H33N3O4S. The highest BCUT2D eigenvalue weighted by Crippen LogP contribution is 2.42. The first-order valence-electron chi connectivity index (χ1n) is 11.9. The second-order valence-electron chi connectivity index (χ2n) is 8.92. The SMILES string of the molecule is COc1cccc(CN2C(=O)CSc3c(c4ccccc4n3C)[C@@H]2C(=O)NCCCOC(C)C)c1. The summed E-state index contributed by atoms with van der Waals surface area (Å²) in [6.45, 7) is 5.35. The minimum atomic E-state index is -0.740. The molecule has 0 unspecified atom stereocenters. The molecule has 0 fully saturated rings. The van der Waals surface area contributed by atoms with Gasteiger partial charge < -0.3 is 24.3 Å². The maximum atomic E-state index is 13.7. The fourth-order valence-corrected chi connectivity index (χ4v) is 5.56. The van der Waals surface area contributed by atoms with E-state index in [2.05, 4.69) is 16.0 Å². The van der Waals surface area contributed by atoms with Crippen LogP contribution in [-0.2, 0) is 27.9 Å². The number of rotatable bonds is 9. The number of carbonyl (C=O) groups is 2. The molecule has 1 atom stereocenters. The molecule has 4 rings (SSSR count). The van der Waals surface area contributed by atoms with Gasteiger partial charge in [0.25, 0.3) is 0 Å². The van der Waals surface area contributed by atoms with Crippen LogP contribution >= 0.6 is 11.8 Å². The van der Waals surface area contributed by atoms with Crippen molar-refractivity contribution in [3.05, 3.63) is 59.7 Å². The van der Waals surface area contributed by atoms with E-state index in [1.807, 2.05) is 63.4 Å². The molecule has 8 heteroatoms. The number of aromatic nitrogens is 1. The standard InChI is InChI=1S/C27H33N3O4S/c1-18(2)34-14-8-13-28-26(32)25-24-21-11-5-6-12-22(21)29(3)27(24)35-17-23(31)30(25)16-19-9-7-10-20(15-19)33-4/h5-7,9-12,15,18,25H,8,13-14,16-17H2,1-4H3,(H,28,32)/t25-/m1/s1. The minimum absolute atomic E-state index is 0.0682. The summed E-state index contributed by atoms with van der Waals surface area (Å²) in [6, 6.07) is 15.0. The Kier molecular flexibility index (Phi) is 8.03. The van der Waals surface area contributed by atoms with Gasteiger partial charge in [0.15, 0.2) is 0 Å². The number of methoxy groups -OCH3 is 1. The van der Waals surface area contributed by atoms with Crippen LogP contribution < -0.4 is 10.1 Å². The zero-order chi connectivity index (χ0) is 24.9. The van der Waals surface area contributed by atoms with Crippen LogP contribution in [0, 0.1) is 0 Å². The molecular weight excluding hydrogens is 462 g/mol. The van der Waals surface area contributed by atoms with E-state index in [1.165, 1.54) is 11.8 Å². The van der Waals surface area contributed by atoms with Gasteiger partial charge in [-0.2, -0.15) is 0 Å². The fourth-order valence-electron chi connectivity index (χ4n) is 4.47. The van der Waals surface area contributed by atoms with Crippen LogP contribution in [0.2, 0.25) is 0 Å². The Hall–Kier alpha value is -2.97. The lowest BCUT2D eigenvalue weighted by molar-refractivity contribution is -0.139. The first-order chi connectivity index (χ1) is 16.9. The quantitative estimate of drug-likeness (QED) is 0.448. The van der Waals surface area contributed by atoms with Crippen molar-refractivity contribution in [2.45, 2.75) is 44.0 Å². The number of thioether (sulfide) groups is 1. The second-order valence-corrected chi connectivity index (χ2v) is 9.89. The number of benzene rings is 2. The van der Waals surface area contributed by atoms with E-state index in [-0.39, 0.29) is 23.7 Å². The third kappa shape index (κ3) is 5.49. The lowest BCUT2D eigenvalue weighted by Gasteiger charge is -2.30. The summed E-state index contributed by atoms with van der Waals surface area (Å²) in [5.74, 6) is 0.746. The van der Waals surface area contributed by atoms with Gasteiger partial charge in [-0.1, -0.05) is 42.1 Å². The van der Waals surface area contributed by atoms with Crippen LogP contribution in [-0.4, -0.2) is 53.4 Å². The first-order valence-corrected chi connectivity index (χ1v) is 12.9. The van der Waals surface area contributed by atoms with E-state index in [0.717, 1.165) is 32.8 Å². The van der Waals surface area contributed by atoms with Crippen molar-refractivity contribution < 1.29 is 19.1 Å². The van der Waals surface area contributed by atoms with Gasteiger partial charge in [-0.25, -0.2) is 0 Å². The number of amides is 2. The number of nitrogens with one attached hydrogen (secondary N) is 1. The third-order valence-corrected chi connectivity index (χ3v) is 7.29. The normalized spacial score (nSPS) is 15.9. The summed E-state index contributed by atoms with van der Waals surface area (Å²) < 4.78 is 13.1. The largest absolute Gasteiger partial charge is 0.497 e. The van der Waals surface area contributed by atoms with Crippen LogP contribution in [0.3, 0.4) is 0 Å². The predicted molar refractivity (Wildman–Crippen MR) is 139 cm³/mol. The van der Waals surface area contributed by atoms with Gasteiger partial charge in [0, 0.05) is 43.2 Å². The van der Waals surface area contributed by atoms with Gasteiger partial charge >= 0.3 is 0 Å². The molecule has 2 aromatic carbocycles. The lowest BCUT2D eigenvalue weighted by Crippen LogP contribution is -2.43. The molecule has 1 N–H and O–H groups in total. The van der Waals surface area contributed by atoms with Gasteiger partial charge in [-0.15, -0.1) is 0 Å². The van der Waals surface area contributed by atoms with Crippen molar-refractivity contribution in [2.75, 3.05) is 26.0 Å². The van der Waals surface area contributed by atoms with Gasteiger partial charge in [0.2, 0.25) is 11.8 Å². The Morgan fingerprint density at radius 1 is 1.20 bits per heavy atom. The molecule has 0 radical (unpaired) electrons. The summed E-state index contributed by atoms with van der Waals surface area (Å²) in [5.41, 5.74) is 2.84. The topological polar surface area (TPSA) is 72.8 Å². The second kappa shape index (κ2) is 11.2. The zero-order valence-electron chi connectivity index (χ0n) is 20.7. The van der Waals surface area contributed by atoms with Crippen LogP contribution in [0.4, 0.5) is 0 Å². The first kappa shape index (κ1) is 25.1. The molecule has 0 bridgehead atoms. The maximum absolute atomic E-state index is 13.7. The van der Waals surface area contributed by atoms with Crippen LogP contribution in [0.1, 0.15) is 37.4 Å². The molecule has 0 spiro atoms. The number of hydrogen-bond donors (Lipinski definition) is 1. The number of carbonyl (C=O) groups excluding carboxylic acids is 2. The summed E-state index contributed by atoms with van der Waals surface area (Å²) in [4.78, 5) is 28.9. The van der Waals surface area contributed by atoms with E-state index < -0.39 is 6.04 Å². The maximum Gasteiger partial charge on any atom is 0.247 e. The van der Waals surface area contributed by atoms with E-state index >= 15 is 0 Å². The molecule has 1 aliphatic rings. The molecule has 1 aliphatic heterocycles. The Morgan fingerprint density at radius 2 is 2.00 bits per heavy atom. The highest BCUT2D eigenvalue weighted by molar-refractivity contribution is 8.00. The summed E-state index contributed by atoms with van der Waals surface area (Å²) in [5, 5.41) is 5.02. The number of para-hydroxylation sites is 1. The van der Waals surface area contributed by atoms with Gasteiger partial charge in [-0.3, -0.25) is 9.59 Å². The molecule has 1 aromatic heterocycles. The van der Waals surface area contributed by atoms with Gasteiger partial charge in [0.05, 0.1) is 24.0 Å². The Balaban J connectivity index is 1.71. The Morgan fingerprint density at radius 3 is 2.77 bits per heavy atom. The highest BCUT2D eigenvalue weighted by atomic mass is 32.2. The smallest absolute Gasteiger partial charge is 0.247 e. The molecule has 3 aromatic rings. The summed E-state index contributed by atoms with van der Waals surface area (Å²) in [6.07, 6.45) is 0.858. The molecule has 35 heavy (non-hydrogen) atoms. The molecule has 7 nitrogen and oxygen atoms in total. The summed E-state index contributed by atoms with van der Waals surface area (Å²) >= 11 is 1.50. The fraction of sp³-hybridized carbons (Fsp3) is 0.407. The Labute approximate surface area is 210 Å². The van der Waals surface area contributed by atoms with E-state index in [9.17, 15) is 9.59 Å². The lowest BCUT2D eigenvalue weighted by atomic mass is 10.0. The summed E-state index contributed by atoms with van der Waals surface area (Å²) in [7, 11) is 3.61. The monoisotopic (exact) mass is 495 g/mol. The molecule has 0 aliphatic carbocycles. The van der Waals surface area contributed by atoms with Crippen LogP contribution in [0.15, 0.2) is 53.6 Å². The number of nitrogens with zero attached hydrogens (tertiary/aromatic N) is 2. The van der Waals surface area contributed by atoms with E-state index in [0.29, 0.717) is 26.1 Å². The van der Waals surface area contributed by atoms with Crippen molar-refractivity contribution in [1.29, 1.82) is 0 Å². The third-order valence-electron chi connectivity index (χ3n) is 6.14. The number of fused-ring (bicyclic) bond motifs is 3. The number of aryl methyl sites for hydroxylation is 1. The number of ether oxygens (including phenoxy) is 2. The van der Waals surface area contributed by atoms with Crippen molar-refractivity contribution in [3.63, 3.8) is 0 Å². The average molecular weight is 496 g/mol. The van der Waals surface area contributed by atoms with Crippen molar-refractivity contribution >= 4 is 34.5 Å². The van der Waals surface area contributed by atoms with Crippen molar-refractivity contribution in [1.82, 2.24) is 14.8 Å². The van der Waals surface area contributed by atoms with Gasteiger partial charge in [-0.05, 0) is 44.0 Å². The highest BCUT2D eigenvalue weighted by Gasteiger charge is 2.38. The van der Waals surface area contributed by atoms with Gasteiger partial charge in [0.1, 0.15) is 11.8 Å². The molecule has 2 heterocycles. The number of hydrogen-bond acceptors (Lipinski definition) is 5. The van der Waals surface area contributed by atoms with Crippen LogP contribution in [0.5, 0.6) is 5.75 Å². The van der Waals surface area contributed by atoms with Crippen LogP contribution in [0.25, 0.3) is 10.9 Å². The molecule has 2 amide bonds. The van der Waals surface area contributed by atoms with Crippen molar-refractivity contribution in [3.8, 4) is 5.75 Å². The Bertz CT molecular complexity index is 1210. The molecule has 0 saturated heterocycles. The average Bonchev–Trinajstić information content (AvgIpc) is 3.04. The van der Waals surface area contributed by atoms with E-state index in [1.54, 1.807) is 12.0 Å². The molecule has 186 valence electrons. The zero-order valence-corrected chi connectivity index (χ0v) is 21.6. The van der Waals surface area contributed by atoms with E-state index in [4.69, 9.17) is 9.47 Å². The minimum Gasteiger partial charge on any atom is -0.497 e. The van der Waals surface area contributed by atoms with Crippen molar-refractivity contribution in [2.24, 2.45) is 7.05 Å². The molecule has 0 saturated carbocycles. The predicted octanol–water partition coefficient (Wildman–Crippen LogP) is 4.29.